The Balaban J connectivity index is 1.66. The van der Waals surface area contributed by atoms with E-state index in [0.29, 0.717) is 29.1 Å². The number of ether oxygens (including phenoxy) is 1. The van der Waals surface area contributed by atoms with Crippen LogP contribution in [0.5, 0.6) is 5.75 Å². The summed E-state index contributed by atoms with van der Waals surface area (Å²) in [4.78, 5) is 31.8. The number of amides is 2. The number of aromatic amines is 1. The highest BCUT2D eigenvalue weighted by Crippen LogP contribution is 2.37. The second-order valence-electron chi connectivity index (χ2n) is 10.8. The van der Waals surface area contributed by atoms with Gasteiger partial charge in [-0.2, -0.15) is 5.10 Å². The molecule has 2 amide bonds. The first-order valence-corrected chi connectivity index (χ1v) is 13.9. The van der Waals surface area contributed by atoms with E-state index in [2.05, 4.69) is 68.5 Å². The van der Waals surface area contributed by atoms with E-state index in [1.165, 1.54) is 4.90 Å². The Morgan fingerprint density at radius 2 is 1.73 bits per heavy atom. The van der Waals surface area contributed by atoms with E-state index in [0.717, 1.165) is 42.9 Å². The monoisotopic (exact) mass is 559 g/mol. The van der Waals surface area contributed by atoms with Gasteiger partial charge in [0.25, 0.3) is 5.91 Å². The van der Waals surface area contributed by atoms with Crippen LogP contribution in [0.2, 0.25) is 0 Å². The minimum Gasteiger partial charge on any atom is -0.409 e. The van der Waals surface area contributed by atoms with Crippen molar-refractivity contribution < 1.29 is 14.3 Å². The number of aromatic nitrogens is 5. The normalized spacial score (nSPS) is 14.1. The van der Waals surface area contributed by atoms with Crippen LogP contribution in [0.1, 0.15) is 43.0 Å². The predicted molar refractivity (Wildman–Crippen MR) is 158 cm³/mol. The van der Waals surface area contributed by atoms with Crippen LogP contribution in [0, 0.1) is 0 Å². The molecule has 12 heteroatoms. The molecule has 1 aliphatic rings. The Morgan fingerprint density at radius 1 is 1.05 bits per heavy atom. The molecule has 41 heavy (non-hydrogen) atoms. The largest absolute Gasteiger partial charge is 0.414 e. The summed E-state index contributed by atoms with van der Waals surface area (Å²) in [5.74, 6) is 0.596. The number of fused-ring (bicyclic) bond motifs is 1. The van der Waals surface area contributed by atoms with Gasteiger partial charge in [0.05, 0.1) is 11.1 Å². The zero-order valence-corrected chi connectivity index (χ0v) is 24.4. The summed E-state index contributed by atoms with van der Waals surface area (Å²) in [7, 11) is 5.36. The minimum atomic E-state index is -0.545. The van der Waals surface area contributed by atoms with E-state index < -0.39 is 6.09 Å². The number of H-pyrrole nitrogens is 1. The van der Waals surface area contributed by atoms with E-state index >= 15 is 0 Å². The van der Waals surface area contributed by atoms with E-state index in [-0.39, 0.29) is 23.4 Å². The van der Waals surface area contributed by atoms with Crippen molar-refractivity contribution in [2.75, 3.05) is 58.8 Å². The third kappa shape index (κ3) is 5.60. The van der Waals surface area contributed by atoms with Gasteiger partial charge in [-0.1, -0.05) is 13.8 Å². The molecule has 4 aromatic rings. The average molecular weight is 560 g/mol. The molecule has 0 saturated carbocycles. The van der Waals surface area contributed by atoms with E-state index in [4.69, 9.17) is 4.74 Å². The van der Waals surface area contributed by atoms with Crippen LogP contribution in [0.15, 0.2) is 36.4 Å². The van der Waals surface area contributed by atoms with E-state index in [9.17, 15) is 9.59 Å². The standard InChI is InChI=1S/C29H37N9O3/c1-7-30-28(39)27-34-33-26(38(27)20-10-8-19(9-11-20)37-14-12-36(6)13-15-37)22-16-21-23(31-32-25(21)18(2)3)17-24(22)41-29(40)35(4)5/h8-11,16-18H,7,12-15H2,1-6H3,(H,30,39)(H,31,32). The maximum absolute atomic E-state index is 13.1. The molecule has 0 aliphatic carbocycles. The molecular formula is C29H37N9O3. The van der Waals surface area contributed by atoms with Gasteiger partial charge >= 0.3 is 6.09 Å². The maximum atomic E-state index is 13.1. The molecule has 3 heterocycles. The molecule has 1 saturated heterocycles. The molecule has 2 aromatic carbocycles. The smallest absolute Gasteiger partial charge is 0.409 e. The molecule has 0 unspecified atom stereocenters. The van der Waals surface area contributed by atoms with Gasteiger partial charge in [0.2, 0.25) is 5.82 Å². The number of benzene rings is 2. The average Bonchev–Trinajstić information content (AvgIpc) is 3.58. The number of nitrogens with one attached hydrogen (secondary N) is 2. The van der Waals surface area contributed by atoms with Gasteiger partial charge < -0.3 is 24.8 Å². The summed E-state index contributed by atoms with van der Waals surface area (Å²) in [5.41, 5.74) is 3.94. The van der Waals surface area contributed by atoms with Crippen LogP contribution < -0.4 is 15.0 Å². The van der Waals surface area contributed by atoms with Crippen LogP contribution in [0.25, 0.3) is 28.0 Å². The molecule has 5 rings (SSSR count). The zero-order chi connectivity index (χ0) is 29.3. The molecule has 12 nitrogen and oxygen atoms in total. The zero-order valence-electron chi connectivity index (χ0n) is 24.4. The highest BCUT2D eigenvalue weighted by molar-refractivity contribution is 5.94. The van der Waals surface area contributed by atoms with Crippen molar-refractivity contribution >= 4 is 28.6 Å². The topological polar surface area (TPSA) is 125 Å². The number of carbonyl (C=O) groups excluding carboxylic acids is 2. The third-order valence-electron chi connectivity index (χ3n) is 7.25. The maximum Gasteiger partial charge on any atom is 0.414 e. The van der Waals surface area contributed by atoms with Crippen LogP contribution in [0.3, 0.4) is 0 Å². The van der Waals surface area contributed by atoms with Crippen molar-refractivity contribution in [2.24, 2.45) is 0 Å². The number of piperazine rings is 1. The summed E-state index contributed by atoms with van der Waals surface area (Å²) in [6.07, 6.45) is -0.545. The van der Waals surface area contributed by atoms with E-state index in [1.807, 2.05) is 25.1 Å². The summed E-state index contributed by atoms with van der Waals surface area (Å²) < 4.78 is 7.51. The Hall–Kier alpha value is -4.45. The number of likely N-dealkylation sites (N-methyl/N-ethyl adjacent to an activating group) is 1. The second kappa shape index (κ2) is 11.6. The number of anilines is 1. The molecular weight excluding hydrogens is 522 g/mol. The molecule has 0 spiro atoms. The van der Waals surface area contributed by atoms with Crippen molar-refractivity contribution in [1.82, 2.24) is 40.1 Å². The van der Waals surface area contributed by atoms with Crippen molar-refractivity contribution in [2.45, 2.75) is 26.7 Å². The summed E-state index contributed by atoms with van der Waals surface area (Å²) in [6.45, 7) is 10.3. The highest BCUT2D eigenvalue weighted by Gasteiger charge is 2.26. The number of hydrogen-bond acceptors (Lipinski definition) is 8. The summed E-state index contributed by atoms with van der Waals surface area (Å²) >= 11 is 0. The lowest BCUT2D eigenvalue weighted by molar-refractivity contribution is 0.0943. The fourth-order valence-electron chi connectivity index (χ4n) is 4.91. The molecule has 0 radical (unpaired) electrons. The predicted octanol–water partition coefficient (Wildman–Crippen LogP) is 3.50. The lowest BCUT2D eigenvalue weighted by Crippen LogP contribution is -2.44. The fourth-order valence-corrected chi connectivity index (χ4v) is 4.91. The highest BCUT2D eigenvalue weighted by atomic mass is 16.6. The van der Waals surface area contributed by atoms with Gasteiger partial charge in [-0.15, -0.1) is 10.2 Å². The quantitative estimate of drug-likeness (QED) is 0.353. The summed E-state index contributed by atoms with van der Waals surface area (Å²) in [5, 5.41) is 20.0. The first-order valence-electron chi connectivity index (χ1n) is 13.9. The van der Waals surface area contributed by atoms with Gasteiger partial charge in [-0.25, -0.2) is 4.79 Å². The van der Waals surface area contributed by atoms with Crippen LogP contribution >= 0.6 is 0 Å². The molecule has 0 bridgehead atoms. The second-order valence-corrected chi connectivity index (χ2v) is 10.8. The number of hydrogen-bond donors (Lipinski definition) is 2. The Kier molecular flexibility index (Phi) is 7.93. The molecule has 1 aliphatic heterocycles. The molecule has 216 valence electrons. The Labute approximate surface area is 239 Å². The minimum absolute atomic E-state index is 0.135. The van der Waals surface area contributed by atoms with Gasteiger partial charge in [0, 0.05) is 75.3 Å². The van der Waals surface area contributed by atoms with Crippen LogP contribution in [0.4, 0.5) is 10.5 Å². The van der Waals surface area contributed by atoms with Crippen LogP contribution in [-0.4, -0.2) is 101 Å². The van der Waals surface area contributed by atoms with Gasteiger partial charge in [0.1, 0.15) is 5.75 Å². The van der Waals surface area contributed by atoms with Crippen LogP contribution in [-0.2, 0) is 0 Å². The molecule has 2 aromatic heterocycles. The Morgan fingerprint density at radius 3 is 2.37 bits per heavy atom. The molecule has 2 N–H and O–H groups in total. The van der Waals surface area contributed by atoms with Crippen molar-refractivity contribution in [1.29, 1.82) is 0 Å². The lowest BCUT2D eigenvalue weighted by atomic mass is 10.0. The number of carbonyl (C=O) groups is 2. The molecule has 0 atom stereocenters. The van der Waals surface area contributed by atoms with Crippen molar-refractivity contribution in [3.05, 3.63) is 47.9 Å². The first-order chi connectivity index (χ1) is 19.7. The first kappa shape index (κ1) is 28.1. The third-order valence-corrected chi connectivity index (χ3v) is 7.25. The van der Waals surface area contributed by atoms with Gasteiger partial charge in [-0.3, -0.25) is 14.5 Å². The van der Waals surface area contributed by atoms with Crippen molar-refractivity contribution in [3.8, 4) is 22.8 Å². The fraction of sp³-hybridized carbons (Fsp3) is 0.414. The van der Waals surface area contributed by atoms with Gasteiger partial charge in [0.15, 0.2) is 5.82 Å². The number of nitrogens with zero attached hydrogens (tertiary/aromatic N) is 7. The summed E-state index contributed by atoms with van der Waals surface area (Å²) in [6, 6.07) is 11.6. The SMILES string of the molecule is CCNC(=O)c1nnc(-c2cc3c(C(C)C)[nH]nc3cc2OC(=O)N(C)C)n1-c1ccc(N2CCN(C)CC2)cc1. The molecule has 1 fully saturated rings. The Bertz CT molecular complexity index is 1550. The van der Waals surface area contributed by atoms with Crippen molar-refractivity contribution in [3.63, 3.8) is 0 Å². The van der Waals surface area contributed by atoms with Gasteiger partial charge in [-0.05, 0) is 50.2 Å². The number of rotatable bonds is 7. The lowest BCUT2D eigenvalue weighted by Gasteiger charge is -2.34. The van der Waals surface area contributed by atoms with E-state index in [1.54, 1.807) is 24.7 Å².